The van der Waals surface area contributed by atoms with Gasteiger partial charge < -0.3 is 4.74 Å². The number of halogens is 1. The van der Waals surface area contributed by atoms with Crippen molar-refractivity contribution in [3.63, 3.8) is 0 Å². The van der Waals surface area contributed by atoms with Gasteiger partial charge in [0.15, 0.2) is 0 Å². The first kappa shape index (κ1) is 13.7. The molecule has 100 valence electrons. The zero-order chi connectivity index (χ0) is 13.3. The summed E-state index contributed by atoms with van der Waals surface area (Å²) in [6, 6.07) is 4.88. The van der Waals surface area contributed by atoms with Gasteiger partial charge in [0.1, 0.15) is 5.75 Å². The van der Waals surface area contributed by atoms with Gasteiger partial charge in [0, 0.05) is 22.7 Å². The fourth-order valence-corrected chi connectivity index (χ4v) is 3.11. The number of fused-ring (bicyclic) bond motifs is 1. The van der Waals surface area contributed by atoms with Crippen LogP contribution in [0.15, 0.2) is 12.1 Å². The van der Waals surface area contributed by atoms with Crippen LogP contribution in [0.4, 0.5) is 0 Å². The van der Waals surface area contributed by atoms with E-state index in [1.165, 1.54) is 24.0 Å². The summed E-state index contributed by atoms with van der Waals surface area (Å²) in [5, 5.41) is 0.878. The average molecular weight is 268 g/mol. The summed E-state index contributed by atoms with van der Waals surface area (Å²) >= 11 is 6.43. The van der Waals surface area contributed by atoms with Crippen molar-refractivity contribution in [3.05, 3.63) is 28.3 Å². The fraction of sp³-hybridized carbons (Fsp3) is 0.600. The van der Waals surface area contributed by atoms with Crippen molar-refractivity contribution in [1.82, 2.24) is 4.90 Å². The van der Waals surface area contributed by atoms with Crippen molar-refractivity contribution in [2.24, 2.45) is 0 Å². The molecule has 1 aliphatic rings. The largest absolute Gasteiger partial charge is 0.496 e. The highest BCUT2D eigenvalue weighted by Crippen LogP contribution is 2.42. The number of ether oxygens (including phenoxy) is 1. The quantitative estimate of drug-likeness (QED) is 0.819. The lowest BCUT2D eigenvalue weighted by molar-refractivity contribution is 0.177. The number of benzene rings is 1. The molecule has 0 amide bonds. The first-order valence-corrected chi connectivity index (χ1v) is 7.01. The van der Waals surface area contributed by atoms with Crippen LogP contribution < -0.4 is 4.74 Å². The maximum atomic E-state index is 6.43. The molecule has 0 aromatic heterocycles. The molecule has 1 aromatic carbocycles. The van der Waals surface area contributed by atoms with Crippen LogP contribution in [-0.4, -0.2) is 25.1 Å². The number of hydrogen-bond donors (Lipinski definition) is 0. The van der Waals surface area contributed by atoms with Gasteiger partial charge in [-0.25, -0.2) is 0 Å². The van der Waals surface area contributed by atoms with Crippen molar-refractivity contribution >= 4 is 11.6 Å². The van der Waals surface area contributed by atoms with E-state index in [2.05, 4.69) is 25.8 Å². The van der Waals surface area contributed by atoms with Gasteiger partial charge in [0.05, 0.1) is 7.11 Å². The standard InChI is InChI=1S/C15H22ClNO/c1-10(2)17(3)13-7-5-6-11-14(18-4)9-8-12(16)15(11)13/h8-10,13H,5-7H2,1-4H3. The molecule has 0 saturated heterocycles. The Morgan fingerprint density at radius 3 is 2.72 bits per heavy atom. The number of hydrogen-bond acceptors (Lipinski definition) is 2. The molecule has 0 spiro atoms. The van der Waals surface area contributed by atoms with E-state index in [1.54, 1.807) is 7.11 Å². The summed E-state index contributed by atoms with van der Waals surface area (Å²) in [6.45, 7) is 4.45. The van der Waals surface area contributed by atoms with E-state index in [1.807, 2.05) is 12.1 Å². The van der Waals surface area contributed by atoms with E-state index >= 15 is 0 Å². The van der Waals surface area contributed by atoms with Gasteiger partial charge in [0.2, 0.25) is 0 Å². The molecular formula is C15H22ClNO. The van der Waals surface area contributed by atoms with Gasteiger partial charge in [-0.3, -0.25) is 4.90 Å². The Morgan fingerprint density at radius 1 is 1.39 bits per heavy atom. The molecule has 1 atom stereocenters. The zero-order valence-electron chi connectivity index (χ0n) is 11.7. The maximum absolute atomic E-state index is 6.43. The van der Waals surface area contributed by atoms with Gasteiger partial charge in [-0.2, -0.15) is 0 Å². The average Bonchev–Trinajstić information content (AvgIpc) is 2.37. The van der Waals surface area contributed by atoms with Crippen LogP contribution in [0.25, 0.3) is 0 Å². The first-order chi connectivity index (χ1) is 8.56. The number of rotatable bonds is 3. The highest BCUT2D eigenvalue weighted by Gasteiger charge is 2.29. The van der Waals surface area contributed by atoms with Gasteiger partial charge in [-0.05, 0) is 57.9 Å². The van der Waals surface area contributed by atoms with Crippen LogP contribution in [0.1, 0.15) is 43.9 Å². The molecule has 0 saturated carbocycles. The Balaban J connectivity index is 2.48. The summed E-state index contributed by atoms with van der Waals surface area (Å²) in [7, 11) is 3.92. The van der Waals surface area contributed by atoms with E-state index in [9.17, 15) is 0 Å². The summed E-state index contributed by atoms with van der Waals surface area (Å²) in [6.07, 6.45) is 3.45. The molecule has 1 aromatic rings. The molecular weight excluding hydrogens is 246 g/mol. The van der Waals surface area contributed by atoms with Crippen molar-refractivity contribution in [1.29, 1.82) is 0 Å². The lowest BCUT2D eigenvalue weighted by atomic mass is 9.85. The normalized spacial score (nSPS) is 19.2. The predicted octanol–water partition coefficient (Wildman–Crippen LogP) is 4.07. The molecule has 2 nitrogen and oxygen atoms in total. The highest BCUT2D eigenvalue weighted by atomic mass is 35.5. The molecule has 0 N–H and O–H groups in total. The molecule has 2 rings (SSSR count). The molecule has 18 heavy (non-hydrogen) atoms. The van der Waals surface area contributed by atoms with E-state index in [0.717, 1.165) is 17.2 Å². The monoisotopic (exact) mass is 267 g/mol. The molecule has 3 heteroatoms. The number of methoxy groups -OCH3 is 1. The predicted molar refractivity (Wildman–Crippen MR) is 76.6 cm³/mol. The van der Waals surface area contributed by atoms with Gasteiger partial charge in [-0.1, -0.05) is 11.6 Å². The lowest BCUT2D eigenvalue weighted by Crippen LogP contribution is -2.33. The zero-order valence-corrected chi connectivity index (χ0v) is 12.4. The number of nitrogens with zero attached hydrogens (tertiary/aromatic N) is 1. The second-order valence-corrected chi connectivity index (χ2v) is 5.72. The molecule has 0 aliphatic heterocycles. The fourth-order valence-electron chi connectivity index (χ4n) is 2.81. The Hall–Kier alpha value is -0.730. The van der Waals surface area contributed by atoms with E-state index in [-0.39, 0.29) is 0 Å². The van der Waals surface area contributed by atoms with Crippen molar-refractivity contribution < 1.29 is 4.74 Å². The van der Waals surface area contributed by atoms with Gasteiger partial charge in [0.25, 0.3) is 0 Å². The van der Waals surface area contributed by atoms with Crippen LogP contribution >= 0.6 is 11.6 Å². The van der Waals surface area contributed by atoms with Gasteiger partial charge in [-0.15, -0.1) is 0 Å². The molecule has 1 unspecified atom stereocenters. The Morgan fingerprint density at radius 2 is 2.11 bits per heavy atom. The molecule has 0 heterocycles. The van der Waals surface area contributed by atoms with E-state index < -0.39 is 0 Å². The Bertz CT molecular complexity index is 431. The second kappa shape index (κ2) is 5.50. The van der Waals surface area contributed by atoms with Crippen molar-refractivity contribution in [2.75, 3.05) is 14.2 Å². The third-order valence-corrected chi connectivity index (χ3v) is 4.35. The first-order valence-electron chi connectivity index (χ1n) is 6.63. The minimum absolute atomic E-state index is 0.413. The molecule has 0 fully saturated rings. The lowest BCUT2D eigenvalue weighted by Gasteiger charge is -2.36. The van der Waals surface area contributed by atoms with Crippen LogP contribution in [-0.2, 0) is 6.42 Å². The highest BCUT2D eigenvalue weighted by molar-refractivity contribution is 6.31. The minimum atomic E-state index is 0.413. The summed E-state index contributed by atoms with van der Waals surface area (Å²) in [4.78, 5) is 2.41. The SMILES string of the molecule is COc1ccc(Cl)c2c1CCCC2N(C)C(C)C. The van der Waals surface area contributed by atoms with Crippen molar-refractivity contribution in [3.8, 4) is 5.75 Å². The smallest absolute Gasteiger partial charge is 0.122 e. The van der Waals surface area contributed by atoms with E-state index in [4.69, 9.17) is 16.3 Å². The van der Waals surface area contributed by atoms with Crippen LogP contribution in [0.3, 0.4) is 0 Å². The van der Waals surface area contributed by atoms with Crippen LogP contribution in [0, 0.1) is 0 Å². The summed E-state index contributed by atoms with van der Waals surface area (Å²) in [5.74, 6) is 0.983. The second-order valence-electron chi connectivity index (χ2n) is 5.31. The molecule has 0 radical (unpaired) electrons. The van der Waals surface area contributed by atoms with Gasteiger partial charge >= 0.3 is 0 Å². The molecule has 1 aliphatic carbocycles. The minimum Gasteiger partial charge on any atom is -0.496 e. The van der Waals surface area contributed by atoms with E-state index in [0.29, 0.717) is 12.1 Å². The third-order valence-electron chi connectivity index (χ3n) is 4.02. The molecule has 0 bridgehead atoms. The Labute approximate surface area is 115 Å². The summed E-state index contributed by atoms with van der Waals surface area (Å²) in [5.41, 5.74) is 2.58. The van der Waals surface area contributed by atoms with Crippen LogP contribution in [0.5, 0.6) is 5.75 Å². The third kappa shape index (κ3) is 2.36. The van der Waals surface area contributed by atoms with Crippen molar-refractivity contribution in [2.45, 2.75) is 45.2 Å². The summed E-state index contributed by atoms with van der Waals surface area (Å²) < 4.78 is 5.48. The van der Waals surface area contributed by atoms with Crippen LogP contribution in [0.2, 0.25) is 5.02 Å². The Kier molecular flexibility index (Phi) is 4.18. The topological polar surface area (TPSA) is 12.5 Å². The maximum Gasteiger partial charge on any atom is 0.122 e.